The molecule has 6 heterocycles. The Balaban J connectivity index is 0.725. The number of alkyl carbamates (subject to hydrolysis) is 2. The van der Waals surface area contributed by atoms with Gasteiger partial charge in [-0.05, 0) is 115 Å². The van der Waals surface area contributed by atoms with Gasteiger partial charge in [-0.1, -0.05) is 75.4 Å². The molecule has 0 radical (unpaired) electrons. The van der Waals surface area contributed by atoms with Crippen LogP contribution < -0.4 is 36.3 Å². The molecular formula is C72H74N6O21. The number of aromatic nitrogens is 2. The third-order valence-corrected chi connectivity index (χ3v) is 19.9. The number of carbonyl (C=O) groups excluding carboxylic acids is 9. The fourth-order valence-electron chi connectivity index (χ4n) is 15.4. The number of hydrogen-bond donors (Lipinski definition) is 5. The predicted molar refractivity (Wildman–Crippen MR) is 347 cm³/mol. The van der Waals surface area contributed by atoms with Gasteiger partial charge in [0.25, 0.3) is 5.56 Å². The number of benzene rings is 4. The van der Waals surface area contributed by atoms with Crippen LogP contribution in [0, 0.1) is 5.92 Å². The molecule has 8 atom stereocenters. The number of carbonyl (C=O) groups is 9. The molecule has 2 bridgehead atoms. The van der Waals surface area contributed by atoms with Crippen LogP contribution in [0.3, 0.4) is 0 Å². The summed E-state index contributed by atoms with van der Waals surface area (Å²) in [6.07, 6.45) is -7.86. The Morgan fingerprint density at radius 2 is 1.39 bits per heavy atom. The zero-order valence-corrected chi connectivity index (χ0v) is 55.6. The lowest BCUT2D eigenvalue weighted by Gasteiger charge is -2.71. The summed E-state index contributed by atoms with van der Waals surface area (Å²) in [5, 5.41) is 23.7. The highest BCUT2D eigenvalue weighted by atomic mass is 16.7. The predicted octanol–water partition coefficient (Wildman–Crippen LogP) is 6.58. The van der Waals surface area contributed by atoms with E-state index in [4.69, 9.17) is 52.4 Å². The molecule has 6 aromatic rings. The molecule has 3 saturated carbocycles. The lowest BCUT2D eigenvalue weighted by atomic mass is 9.37. The van der Waals surface area contributed by atoms with Crippen LogP contribution >= 0.6 is 0 Å². The minimum Gasteiger partial charge on any atom is -0.467 e. The van der Waals surface area contributed by atoms with E-state index in [0.29, 0.717) is 58.8 Å². The SMILES string of the molecule is CC[C@@]1(O)C(=O)OCc2c1cc1n(c2=O)Cc2c-1nc1cc3c(cc1c2C12CC(NC(=O)OCc4ccc(NC(=O)[C@H](C)NC(=O)[C@@H](NC(=O)OCC5c6ccccc6-c6ccccc65)C(C)C)cc4CC[C@@H]4O[C@H](C(=O)OC)[C@@H](OC(C)=O)[C@H](OC(C)=O)[C@H]4OC(C)=O)(C1)C2)OCO3. The molecule has 5 N–H and O–H groups in total. The Labute approximate surface area is 566 Å². The number of esters is 5. The second-order valence-corrected chi connectivity index (χ2v) is 26.7. The number of nitrogens with one attached hydrogen (secondary N) is 4. The molecule has 4 aliphatic heterocycles. The average molecular weight is 1360 g/mol. The van der Waals surface area contributed by atoms with Crippen molar-refractivity contribution in [2.75, 3.05) is 25.8 Å². The lowest BCUT2D eigenvalue weighted by Crippen LogP contribution is -2.77. The molecule has 0 unspecified atom stereocenters. The van der Waals surface area contributed by atoms with E-state index in [1.165, 1.54) is 6.92 Å². The van der Waals surface area contributed by atoms with E-state index >= 15 is 0 Å². The number of hydrogen-bond acceptors (Lipinski definition) is 22. The van der Waals surface area contributed by atoms with Gasteiger partial charge in [-0.15, -0.1) is 0 Å². The third kappa shape index (κ3) is 12.3. The molecule has 0 spiro atoms. The summed E-state index contributed by atoms with van der Waals surface area (Å²) in [6, 6.07) is 23.6. The van der Waals surface area contributed by atoms with Crippen molar-refractivity contribution < 1.29 is 95.6 Å². The van der Waals surface area contributed by atoms with E-state index in [-0.39, 0.29) is 75.2 Å². The number of aryl methyl sites for hydroxylation is 1. The monoisotopic (exact) mass is 1360 g/mol. The van der Waals surface area contributed by atoms with Crippen molar-refractivity contribution in [1.82, 2.24) is 25.5 Å². The number of amides is 4. The van der Waals surface area contributed by atoms with Gasteiger partial charge in [-0.3, -0.25) is 28.8 Å². The number of cyclic esters (lactones) is 1. The fourth-order valence-corrected chi connectivity index (χ4v) is 15.4. The molecule has 4 fully saturated rings. The highest BCUT2D eigenvalue weighted by Gasteiger charge is 2.70. The summed E-state index contributed by atoms with van der Waals surface area (Å²) in [5.41, 5.74) is 5.15. The van der Waals surface area contributed by atoms with Gasteiger partial charge in [-0.25, -0.2) is 24.2 Å². The second kappa shape index (κ2) is 26.1. The summed E-state index contributed by atoms with van der Waals surface area (Å²) < 4.78 is 58.3. The number of rotatable bonds is 20. The van der Waals surface area contributed by atoms with Crippen LogP contribution in [-0.2, 0) is 109 Å². The van der Waals surface area contributed by atoms with Crippen molar-refractivity contribution in [1.29, 1.82) is 0 Å². The molecule has 27 nitrogen and oxygen atoms in total. The van der Waals surface area contributed by atoms with E-state index in [2.05, 4.69) is 21.3 Å². The Morgan fingerprint density at radius 1 is 0.737 bits per heavy atom. The van der Waals surface area contributed by atoms with Crippen LogP contribution in [0.5, 0.6) is 11.5 Å². The first-order valence-corrected chi connectivity index (χ1v) is 32.8. The largest absolute Gasteiger partial charge is 0.467 e. The smallest absolute Gasteiger partial charge is 0.407 e. The van der Waals surface area contributed by atoms with Gasteiger partial charge in [0.15, 0.2) is 41.5 Å². The van der Waals surface area contributed by atoms with Crippen molar-refractivity contribution in [3.05, 3.63) is 140 Å². The first-order chi connectivity index (χ1) is 47.3. The van der Waals surface area contributed by atoms with Crippen LogP contribution in [0.25, 0.3) is 33.4 Å². The fraction of sp³-hybridized carbons (Fsp3) is 0.431. The Hall–Kier alpha value is -10.4. The molecule has 4 aliphatic carbocycles. The lowest BCUT2D eigenvalue weighted by molar-refractivity contribution is -0.249. The van der Waals surface area contributed by atoms with Crippen molar-refractivity contribution in [3.8, 4) is 34.0 Å². The van der Waals surface area contributed by atoms with E-state index in [9.17, 15) is 53.1 Å². The van der Waals surface area contributed by atoms with Gasteiger partial charge in [0.05, 0.1) is 42.2 Å². The number of fused-ring (bicyclic) bond motifs is 9. The van der Waals surface area contributed by atoms with Crippen molar-refractivity contribution in [3.63, 3.8) is 0 Å². The third-order valence-electron chi connectivity index (χ3n) is 19.9. The van der Waals surface area contributed by atoms with E-state index in [1.54, 1.807) is 55.7 Å². The number of methoxy groups -OCH3 is 1. The van der Waals surface area contributed by atoms with Crippen molar-refractivity contribution in [2.24, 2.45) is 5.92 Å². The molecule has 4 aromatic carbocycles. The standard InChI is InChI=1S/C72H74N6O21/c1-9-72(89)50-24-52-58-47(26-78(52)65(84)49(50)29-91-67(72)86)56(46-23-54-55(95-33-94-54)25-51(46)75-58)70-30-71(31-70,32-70)77-69(88)92-27-40-18-20-41(22-39(40)19-21-53-59(96-36(5)79)60(97-37(6)80)61(98-38(7)81)62(99-53)66(85)90-8)74-63(82)35(4)73-64(83)57(34(2)3)76-68(87)93-28-48-44-16-12-10-14-42(44)43-15-11-13-17-45(43)48/h10-18,20,22-25,34-35,48,53,57,59-62,89H,9,19,21,26-33H2,1-8H3,(H,73,83)(H,74,82)(H,76,87)(H,77,88)/t35-,53-,57-,59-,60+,61-,62-,70?,71?,72-/m0/s1. The van der Waals surface area contributed by atoms with Gasteiger partial charge in [-0.2, -0.15) is 0 Å². The van der Waals surface area contributed by atoms with E-state index in [0.717, 1.165) is 66.6 Å². The zero-order chi connectivity index (χ0) is 70.1. The Kier molecular flexibility index (Phi) is 17.7. The van der Waals surface area contributed by atoms with Crippen LogP contribution in [-0.4, -0.2) is 137 Å². The van der Waals surface area contributed by atoms with Gasteiger partial charge in [0.2, 0.25) is 18.6 Å². The number of aliphatic hydroxyl groups is 1. The van der Waals surface area contributed by atoms with E-state index < -0.39 is 124 Å². The topological polar surface area (TPSA) is 349 Å². The van der Waals surface area contributed by atoms with E-state index in [1.807, 2.05) is 54.6 Å². The number of ether oxygens (including phenoxy) is 10. The minimum atomic E-state index is -2.04. The summed E-state index contributed by atoms with van der Waals surface area (Å²) in [4.78, 5) is 139. The number of nitrogens with zero attached hydrogens (tertiary/aromatic N) is 2. The number of pyridine rings is 2. The Bertz CT molecular complexity index is 4380. The normalized spacial score (nSPS) is 23.7. The van der Waals surface area contributed by atoms with Gasteiger partial charge in [0, 0.05) is 65.9 Å². The first kappa shape index (κ1) is 67.2. The molecule has 518 valence electrons. The highest BCUT2D eigenvalue weighted by molar-refractivity contribution is 5.98. The molecule has 27 heteroatoms. The summed E-state index contributed by atoms with van der Waals surface area (Å²) in [7, 11) is 1.08. The summed E-state index contributed by atoms with van der Waals surface area (Å²) >= 11 is 0. The van der Waals surface area contributed by atoms with Crippen LogP contribution in [0.1, 0.15) is 131 Å². The molecule has 99 heavy (non-hydrogen) atoms. The van der Waals surface area contributed by atoms with Crippen LogP contribution in [0.15, 0.2) is 89.7 Å². The van der Waals surface area contributed by atoms with Gasteiger partial charge in [0.1, 0.15) is 31.9 Å². The average Bonchev–Trinajstić information content (AvgIpc) is 1.55. The molecule has 1 saturated heterocycles. The van der Waals surface area contributed by atoms with Crippen LogP contribution in [0.2, 0.25) is 0 Å². The maximum atomic E-state index is 14.3. The molecule has 2 aromatic heterocycles. The van der Waals surface area contributed by atoms with Crippen LogP contribution in [0.4, 0.5) is 15.3 Å². The second-order valence-electron chi connectivity index (χ2n) is 26.7. The maximum Gasteiger partial charge on any atom is 0.407 e. The summed E-state index contributed by atoms with van der Waals surface area (Å²) in [5.74, 6) is -5.36. The first-order valence-electron chi connectivity index (χ1n) is 32.8. The molecule has 8 aliphatic rings. The zero-order valence-electron chi connectivity index (χ0n) is 55.6. The van der Waals surface area contributed by atoms with Crippen molar-refractivity contribution >= 4 is 70.4 Å². The van der Waals surface area contributed by atoms with Gasteiger partial charge < -0.3 is 78.3 Å². The van der Waals surface area contributed by atoms with Crippen molar-refractivity contribution in [2.45, 2.75) is 172 Å². The molecule has 4 amide bonds. The Morgan fingerprint density at radius 3 is 2.05 bits per heavy atom. The molecular weight excluding hydrogens is 1280 g/mol. The molecule has 14 rings (SSSR count). The van der Waals surface area contributed by atoms with Gasteiger partial charge >= 0.3 is 42.0 Å². The highest BCUT2D eigenvalue weighted by Crippen LogP contribution is 2.70. The summed E-state index contributed by atoms with van der Waals surface area (Å²) in [6.45, 7) is 9.36. The number of anilines is 1. The minimum absolute atomic E-state index is 0.00880. The quantitative estimate of drug-likeness (QED) is 0.0397. The maximum absolute atomic E-state index is 14.3.